The van der Waals surface area contributed by atoms with Crippen LogP contribution in [0, 0.1) is 0 Å². The van der Waals surface area contributed by atoms with Gasteiger partial charge in [0, 0.05) is 13.5 Å². The summed E-state index contributed by atoms with van der Waals surface area (Å²) in [5.74, 6) is 0. The number of hydrogen-bond donors (Lipinski definition) is 1. The van der Waals surface area contributed by atoms with Crippen LogP contribution in [0.1, 0.15) is 5.69 Å². The Balaban J connectivity index is 2.51. The topological polar surface area (TPSA) is 55.1 Å². The minimum Gasteiger partial charge on any atom is -0.388 e. The summed E-state index contributed by atoms with van der Waals surface area (Å²) in [4.78, 5) is 16.3. The molecule has 1 N–H and O–H groups in total. The van der Waals surface area contributed by atoms with Gasteiger partial charge in [-0.25, -0.2) is 4.98 Å². The van der Waals surface area contributed by atoms with E-state index in [0.717, 1.165) is 0 Å². The molecule has 0 radical (unpaired) electrons. The molecule has 0 aliphatic heterocycles. The highest BCUT2D eigenvalue weighted by Gasteiger charge is 2.32. The summed E-state index contributed by atoms with van der Waals surface area (Å²) in [7, 11) is 1.64. The Labute approximate surface area is 124 Å². The number of fused-ring (bicyclic) bond motifs is 1. The minimum atomic E-state index is -1.85. The molecular formula is C12H11Cl3N2O2. The Morgan fingerprint density at radius 3 is 2.63 bits per heavy atom. The van der Waals surface area contributed by atoms with Crippen LogP contribution in [0.3, 0.4) is 0 Å². The Morgan fingerprint density at radius 1 is 1.37 bits per heavy atom. The zero-order valence-corrected chi connectivity index (χ0v) is 12.2. The van der Waals surface area contributed by atoms with Gasteiger partial charge in [0.2, 0.25) is 3.79 Å². The molecular weight excluding hydrogens is 311 g/mol. The van der Waals surface area contributed by atoms with Gasteiger partial charge in [0.1, 0.15) is 11.8 Å². The molecule has 102 valence electrons. The lowest BCUT2D eigenvalue weighted by atomic mass is 10.2. The maximum absolute atomic E-state index is 12.1. The van der Waals surface area contributed by atoms with Gasteiger partial charge in [-0.1, -0.05) is 46.9 Å². The number of nitrogens with zero attached hydrogens (tertiary/aromatic N) is 2. The van der Waals surface area contributed by atoms with Crippen molar-refractivity contribution in [1.29, 1.82) is 0 Å². The van der Waals surface area contributed by atoms with Crippen LogP contribution in [0.15, 0.2) is 29.1 Å². The molecule has 7 heteroatoms. The van der Waals surface area contributed by atoms with Gasteiger partial charge in [-0.3, -0.25) is 4.79 Å². The third-order valence-corrected chi connectivity index (χ3v) is 3.57. The van der Waals surface area contributed by atoms with Gasteiger partial charge in [-0.2, -0.15) is 0 Å². The summed E-state index contributed by atoms with van der Waals surface area (Å²) in [6, 6.07) is 7.20. The highest BCUT2D eigenvalue weighted by molar-refractivity contribution is 6.68. The van der Waals surface area contributed by atoms with Gasteiger partial charge in [-0.05, 0) is 12.1 Å². The van der Waals surface area contributed by atoms with E-state index in [0.29, 0.717) is 11.0 Å². The monoisotopic (exact) mass is 320 g/mol. The number of rotatable bonds is 2. The molecule has 2 aromatic rings. The van der Waals surface area contributed by atoms with Crippen molar-refractivity contribution < 1.29 is 5.11 Å². The molecule has 2 rings (SSSR count). The second-order valence-electron chi connectivity index (χ2n) is 4.17. The number of aromatic nitrogens is 2. The van der Waals surface area contributed by atoms with Crippen molar-refractivity contribution >= 4 is 45.8 Å². The summed E-state index contributed by atoms with van der Waals surface area (Å²) in [6.07, 6.45) is -1.41. The first-order valence-corrected chi connectivity index (χ1v) is 6.63. The number of alkyl halides is 3. The maximum atomic E-state index is 12.1. The second-order valence-corrected chi connectivity index (χ2v) is 6.54. The SMILES string of the molecule is Cn1c(=O)c(C[C@H](O)C(Cl)(Cl)Cl)nc2ccccc21. The standard InChI is InChI=1S/C12H11Cl3N2O2/c1-17-9-5-3-2-4-7(9)16-8(11(17)19)6-10(18)12(13,14)15/h2-5,10,18H,6H2,1H3/t10-/m0/s1. The highest BCUT2D eigenvalue weighted by Crippen LogP contribution is 2.31. The molecule has 0 spiro atoms. The lowest BCUT2D eigenvalue weighted by molar-refractivity contribution is 0.177. The molecule has 19 heavy (non-hydrogen) atoms. The Morgan fingerprint density at radius 2 is 2.00 bits per heavy atom. The zero-order valence-electron chi connectivity index (χ0n) is 9.98. The van der Waals surface area contributed by atoms with Crippen LogP contribution < -0.4 is 5.56 Å². The first-order chi connectivity index (χ1) is 8.80. The molecule has 1 atom stereocenters. The maximum Gasteiger partial charge on any atom is 0.272 e. The lowest BCUT2D eigenvalue weighted by Gasteiger charge is -2.18. The van der Waals surface area contributed by atoms with E-state index in [9.17, 15) is 9.90 Å². The van der Waals surface area contributed by atoms with E-state index in [1.54, 1.807) is 19.2 Å². The van der Waals surface area contributed by atoms with E-state index < -0.39 is 9.90 Å². The summed E-state index contributed by atoms with van der Waals surface area (Å²) < 4.78 is -0.388. The molecule has 0 amide bonds. The molecule has 1 aromatic carbocycles. The van der Waals surface area contributed by atoms with Crippen LogP contribution >= 0.6 is 34.8 Å². The first-order valence-electron chi connectivity index (χ1n) is 5.50. The zero-order chi connectivity index (χ0) is 14.2. The van der Waals surface area contributed by atoms with Gasteiger partial charge in [-0.15, -0.1) is 0 Å². The van der Waals surface area contributed by atoms with Crippen molar-refractivity contribution in [3.05, 3.63) is 40.3 Å². The van der Waals surface area contributed by atoms with Gasteiger partial charge in [0.05, 0.1) is 11.0 Å². The van der Waals surface area contributed by atoms with Crippen LogP contribution in [0.4, 0.5) is 0 Å². The van der Waals surface area contributed by atoms with E-state index in [1.165, 1.54) is 4.57 Å². The van der Waals surface area contributed by atoms with Gasteiger partial charge >= 0.3 is 0 Å². The van der Waals surface area contributed by atoms with Crippen LogP contribution in [0.25, 0.3) is 11.0 Å². The Kier molecular flexibility index (Phi) is 4.06. The molecule has 0 saturated heterocycles. The van der Waals surface area contributed by atoms with Crippen LogP contribution in [0.2, 0.25) is 0 Å². The average molecular weight is 322 g/mol. The van der Waals surface area contributed by atoms with E-state index >= 15 is 0 Å². The number of aryl methyl sites for hydroxylation is 1. The van der Waals surface area contributed by atoms with Gasteiger partial charge in [0.25, 0.3) is 5.56 Å². The van der Waals surface area contributed by atoms with Crippen molar-refractivity contribution in [2.45, 2.75) is 16.3 Å². The van der Waals surface area contributed by atoms with Crippen molar-refractivity contribution in [1.82, 2.24) is 9.55 Å². The highest BCUT2D eigenvalue weighted by atomic mass is 35.6. The number of aliphatic hydroxyl groups is 1. The third-order valence-electron chi connectivity index (χ3n) is 2.81. The Hall–Kier alpha value is -0.810. The van der Waals surface area contributed by atoms with Crippen molar-refractivity contribution in [3.63, 3.8) is 0 Å². The fourth-order valence-corrected chi connectivity index (χ4v) is 2.00. The van der Waals surface area contributed by atoms with Crippen molar-refractivity contribution in [2.75, 3.05) is 0 Å². The number of benzene rings is 1. The molecule has 0 saturated carbocycles. The van der Waals surface area contributed by atoms with Crippen LogP contribution in [-0.2, 0) is 13.5 Å². The molecule has 4 nitrogen and oxygen atoms in total. The number of aliphatic hydroxyl groups excluding tert-OH is 1. The van der Waals surface area contributed by atoms with Crippen LogP contribution in [0.5, 0.6) is 0 Å². The number of halogens is 3. The van der Waals surface area contributed by atoms with Crippen molar-refractivity contribution in [2.24, 2.45) is 7.05 Å². The molecule has 0 unspecified atom stereocenters. The van der Waals surface area contributed by atoms with E-state index in [2.05, 4.69) is 4.98 Å². The van der Waals surface area contributed by atoms with Gasteiger partial charge in [0.15, 0.2) is 0 Å². The number of hydrogen-bond acceptors (Lipinski definition) is 3. The molecule has 1 aromatic heterocycles. The van der Waals surface area contributed by atoms with E-state index in [4.69, 9.17) is 34.8 Å². The molecule has 0 bridgehead atoms. The number of para-hydroxylation sites is 2. The predicted molar refractivity (Wildman–Crippen MR) is 77.0 cm³/mol. The predicted octanol–water partition coefficient (Wildman–Crippen LogP) is 2.21. The van der Waals surface area contributed by atoms with Crippen molar-refractivity contribution in [3.8, 4) is 0 Å². The van der Waals surface area contributed by atoms with E-state index in [1.807, 2.05) is 12.1 Å². The van der Waals surface area contributed by atoms with E-state index in [-0.39, 0.29) is 17.7 Å². The first kappa shape index (κ1) is 14.6. The molecule has 0 fully saturated rings. The average Bonchev–Trinajstić information content (AvgIpc) is 2.34. The molecule has 1 heterocycles. The van der Waals surface area contributed by atoms with Crippen LogP contribution in [-0.4, -0.2) is 24.6 Å². The van der Waals surface area contributed by atoms with Gasteiger partial charge < -0.3 is 9.67 Å². The summed E-state index contributed by atoms with van der Waals surface area (Å²) in [6.45, 7) is 0. The lowest BCUT2D eigenvalue weighted by Crippen LogP contribution is -2.32. The summed E-state index contributed by atoms with van der Waals surface area (Å²) in [5, 5.41) is 9.74. The normalized spacial score (nSPS) is 13.7. The fraction of sp³-hybridized carbons (Fsp3) is 0.333. The second kappa shape index (κ2) is 5.29. The molecule has 0 aliphatic rings. The fourth-order valence-electron chi connectivity index (χ4n) is 1.77. The minimum absolute atomic E-state index is 0.117. The third kappa shape index (κ3) is 3.03. The molecule has 0 aliphatic carbocycles. The summed E-state index contributed by atoms with van der Waals surface area (Å²) in [5.41, 5.74) is 1.21. The quantitative estimate of drug-likeness (QED) is 0.863. The Bertz CT molecular complexity index is 664. The largest absolute Gasteiger partial charge is 0.388 e. The smallest absolute Gasteiger partial charge is 0.272 e. The summed E-state index contributed by atoms with van der Waals surface area (Å²) >= 11 is 16.8.